The molecular weight excluding hydrogens is 801 g/mol. The van der Waals surface area contributed by atoms with E-state index in [1.165, 1.54) is 12.2 Å². The third-order valence-corrected chi connectivity index (χ3v) is 12.0. The first-order valence-electron chi connectivity index (χ1n) is 17.1. The van der Waals surface area contributed by atoms with Gasteiger partial charge < -0.3 is 55.8 Å². The molecule has 55 heavy (non-hydrogen) atoms. The lowest BCUT2D eigenvalue weighted by atomic mass is 10.0. The number of ether oxygens (including phenoxy) is 1. The molecule has 4 amide bonds. The number of urea groups is 1. The van der Waals surface area contributed by atoms with Gasteiger partial charge in [-0.2, -0.15) is 8.62 Å². The number of phosphoric acid groups is 3. The highest BCUT2D eigenvalue weighted by Crippen LogP contribution is 2.66. The lowest BCUT2D eigenvalue weighted by molar-refractivity contribution is -0.122. The van der Waals surface area contributed by atoms with Gasteiger partial charge in [0.25, 0.3) is 5.56 Å². The van der Waals surface area contributed by atoms with Crippen LogP contribution in [-0.2, 0) is 41.2 Å². The monoisotopic (exact) mass is 848 g/mol. The summed E-state index contributed by atoms with van der Waals surface area (Å²) in [5, 5.41) is 32.0. The molecule has 1 aromatic rings. The Morgan fingerprint density at radius 3 is 2.18 bits per heavy atom. The van der Waals surface area contributed by atoms with E-state index in [9.17, 15) is 57.7 Å². The second-order valence-electron chi connectivity index (χ2n) is 12.7. The van der Waals surface area contributed by atoms with Crippen molar-refractivity contribution < 1.29 is 75.7 Å². The molecular formula is C28H47N6O18P3. The largest absolute Gasteiger partial charge is 0.490 e. The summed E-state index contributed by atoms with van der Waals surface area (Å²) in [5.74, 6) is -0.307. The van der Waals surface area contributed by atoms with E-state index in [1.54, 1.807) is 0 Å². The van der Waals surface area contributed by atoms with Crippen molar-refractivity contribution in [3.05, 3.63) is 38.7 Å². The lowest BCUT2D eigenvalue weighted by Crippen LogP contribution is -2.38. The average Bonchev–Trinajstić information content (AvgIpc) is 3.53. The number of H-pyrrole nitrogens is 1. The molecule has 2 fully saturated rings. The van der Waals surface area contributed by atoms with Crippen LogP contribution in [0.15, 0.2) is 21.9 Å². The molecule has 2 aliphatic rings. The summed E-state index contributed by atoms with van der Waals surface area (Å²) < 4.78 is 51.9. The Balaban J connectivity index is 1.35. The predicted octanol–water partition coefficient (Wildman–Crippen LogP) is -0.674. The highest BCUT2D eigenvalue weighted by Gasteiger charge is 2.47. The summed E-state index contributed by atoms with van der Waals surface area (Å²) in [6.45, 7) is 1.32. The standard InChI is InChI=1S/C28H47N6O18P3/c1-17-19(32-27(40)31-17)10-4-2-5-11-21(35)29-13-7-3-6-12-22(36)30-14-8-9-18-15-34(28(41)33-25(18)39)26-24(38)23(37)20(50-26)16-49-54(45,46)52-55(47,48)51-53(42,43)44/h8-9,15,17,19-20,23-24,26,37-38H,2-7,10-14,16H2,1H3,(H,29,35)(H,30,36)(H,45,46)(H,47,48)(H2,31,32,40)(H,33,39,41)(H2,42,43,44)/b9-8+/t17-,19+,20+,23+,24+,26+/m0/s1. The van der Waals surface area contributed by atoms with Gasteiger partial charge in [-0.05, 0) is 32.6 Å². The molecule has 11 N–H and O–H groups in total. The zero-order valence-electron chi connectivity index (χ0n) is 29.6. The molecule has 0 aliphatic carbocycles. The fourth-order valence-electron chi connectivity index (χ4n) is 5.52. The van der Waals surface area contributed by atoms with Crippen LogP contribution in [0.1, 0.15) is 76.5 Å². The average molecular weight is 849 g/mol. The van der Waals surface area contributed by atoms with Crippen molar-refractivity contribution in [3.63, 3.8) is 0 Å². The number of hydrogen-bond acceptors (Lipinski definition) is 14. The minimum absolute atomic E-state index is 0.00258. The minimum Gasteiger partial charge on any atom is -0.387 e. The number of hydrogen-bond donors (Lipinski definition) is 11. The third-order valence-electron chi connectivity index (χ3n) is 8.24. The van der Waals surface area contributed by atoms with Gasteiger partial charge in [0.1, 0.15) is 18.3 Å². The molecule has 1 aromatic heterocycles. The summed E-state index contributed by atoms with van der Waals surface area (Å²) in [4.78, 5) is 98.6. The smallest absolute Gasteiger partial charge is 0.387 e. The van der Waals surface area contributed by atoms with Crippen LogP contribution in [0.2, 0.25) is 0 Å². The number of aliphatic hydroxyl groups is 2. The van der Waals surface area contributed by atoms with E-state index in [2.05, 4.69) is 34.4 Å². The van der Waals surface area contributed by atoms with Crippen molar-refractivity contribution in [1.29, 1.82) is 0 Å². The molecule has 24 nitrogen and oxygen atoms in total. The maximum Gasteiger partial charge on any atom is 0.490 e. The number of nitrogens with zero attached hydrogens (tertiary/aromatic N) is 1. The molecule has 0 aromatic carbocycles. The molecule has 2 aliphatic heterocycles. The first kappa shape index (κ1) is 46.3. The number of aliphatic hydroxyl groups excluding tert-OH is 2. The van der Waals surface area contributed by atoms with Gasteiger partial charge in [0, 0.05) is 38.2 Å². The zero-order valence-corrected chi connectivity index (χ0v) is 32.2. The Hall–Kier alpha value is -3.08. The SMILES string of the molecule is C[C@@H]1NC(=O)N[C@@H]1CCCCCC(=O)NCCCCCC(=O)NC/C=C/c1cn([C@@H]2O[C@H](COP(=O)(O)OP(=O)(O)OP(=O)(O)O)[C@@H](O)[C@H]2O)c(=O)[nH]c1=O. The predicted molar refractivity (Wildman–Crippen MR) is 189 cm³/mol. The number of aromatic amines is 1. The summed E-state index contributed by atoms with van der Waals surface area (Å²) >= 11 is 0. The van der Waals surface area contributed by atoms with Crippen LogP contribution in [0.5, 0.6) is 0 Å². The molecule has 27 heteroatoms. The van der Waals surface area contributed by atoms with E-state index in [4.69, 9.17) is 14.5 Å². The van der Waals surface area contributed by atoms with Crippen LogP contribution >= 0.6 is 23.5 Å². The van der Waals surface area contributed by atoms with Gasteiger partial charge in [-0.3, -0.25) is 28.5 Å². The Morgan fingerprint density at radius 1 is 0.891 bits per heavy atom. The van der Waals surface area contributed by atoms with Gasteiger partial charge in [-0.25, -0.2) is 23.3 Å². The molecule has 0 saturated carbocycles. The quantitative estimate of drug-likeness (QED) is 0.0480. The Labute approximate surface area is 313 Å². The molecule has 3 heterocycles. The number of phosphoric ester groups is 1. The van der Waals surface area contributed by atoms with Crippen molar-refractivity contribution in [2.45, 2.75) is 101 Å². The third kappa shape index (κ3) is 16.1. The van der Waals surface area contributed by atoms with Crippen molar-refractivity contribution in [1.82, 2.24) is 30.8 Å². The van der Waals surface area contributed by atoms with Crippen LogP contribution in [0.25, 0.3) is 6.08 Å². The first-order valence-corrected chi connectivity index (χ1v) is 21.6. The second-order valence-corrected chi connectivity index (χ2v) is 17.1. The Kier molecular flexibility index (Phi) is 17.6. The minimum atomic E-state index is -5.82. The van der Waals surface area contributed by atoms with Gasteiger partial charge in [0.2, 0.25) is 11.8 Å². The van der Waals surface area contributed by atoms with E-state index in [0.717, 1.165) is 31.9 Å². The van der Waals surface area contributed by atoms with Crippen LogP contribution in [-0.4, -0.2) is 107 Å². The molecule has 2 unspecified atom stereocenters. The number of carbonyl (C=O) groups is 3. The summed E-state index contributed by atoms with van der Waals surface area (Å²) in [7, 11) is -17.1. The molecule has 3 rings (SSSR count). The van der Waals surface area contributed by atoms with E-state index in [-0.39, 0.29) is 48.5 Å². The van der Waals surface area contributed by atoms with Crippen LogP contribution in [0.3, 0.4) is 0 Å². The van der Waals surface area contributed by atoms with Gasteiger partial charge >= 0.3 is 35.2 Å². The van der Waals surface area contributed by atoms with Crippen molar-refractivity contribution in [2.24, 2.45) is 0 Å². The zero-order chi connectivity index (χ0) is 41.0. The molecule has 2 saturated heterocycles. The molecule has 0 bridgehead atoms. The molecule has 0 spiro atoms. The van der Waals surface area contributed by atoms with Crippen LogP contribution in [0, 0.1) is 0 Å². The first-order chi connectivity index (χ1) is 25.7. The number of rotatable bonds is 23. The maximum absolute atomic E-state index is 12.5. The fourth-order valence-corrected chi connectivity index (χ4v) is 8.55. The van der Waals surface area contributed by atoms with Crippen LogP contribution in [0.4, 0.5) is 4.79 Å². The highest BCUT2D eigenvalue weighted by molar-refractivity contribution is 7.66. The summed E-state index contributed by atoms with van der Waals surface area (Å²) in [5.41, 5.74) is -2.07. The Morgan fingerprint density at radius 2 is 1.55 bits per heavy atom. The summed E-state index contributed by atoms with van der Waals surface area (Å²) in [6.07, 6.45) is 2.46. The van der Waals surface area contributed by atoms with Gasteiger partial charge in [-0.15, -0.1) is 0 Å². The van der Waals surface area contributed by atoms with Crippen LogP contribution < -0.4 is 32.5 Å². The normalized spacial score (nSPS) is 24.9. The topological polar surface area (TPSA) is 364 Å². The second kappa shape index (κ2) is 20.9. The van der Waals surface area contributed by atoms with E-state index < -0.39 is 65.9 Å². The van der Waals surface area contributed by atoms with Gasteiger partial charge in [-0.1, -0.05) is 31.4 Å². The fraction of sp³-hybridized carbons (Fsp3) is 0.679. The maximum atomic E-state index is 12.5. The van der Waals surface area contributed by atoms with E-state index >= 15 is 0 Å². The number of carbonyl (C=O) groups excluding carboxylic acids is 3. The number of nitrogens with one attached hydrogen (secondary N) is 5. The molecule has 0 radical (unpaired) electrons. The summed E-state index contributed by atoms with van der Waals surface area (Å²) in [6, 6.07) is 0.0497. The molecule has 8 atom stereocenters. The molecule has 312 valence electrons. The highest BCUT2D eigenvalue weighted by atomic mass is 31.3. The van der Waals surface area contributed by atoms with Crippen molar-refractivity contribution in [2.75, 3.05) is 19.7 Å². The van der Waals surface area contributed by atoms with Crippen molar-refractivity contribution >= 4 is 47.4 Å². The van der Waals surface area contributed by atoms with Gasteiger partial charge in [0.05, 0.1) is 18.2 Å². The van der Waals surface area contributed by atoms with Crippen molar-refractivity contribution in [3.8, 4) is 0 Å². The Bertz CT molecular complexity index is 1780. The number of amides is 4. The lowest BCUT2D eigenvalue weighted by Gasteiger charge is -2.19. The van der Waals surface area contributed by atoms with E-state index in [1.807, 2.05) is 11.9 Å². The van der Waals surface area contributed by atoms with E-state index in [0.29, 0.717) is 36.8 Å². The van der Waals surface area contributed by atoms with Gasteiger partial charge in [0.15, 0.2) is 6.23 Å². The number of aromatic nitrogens is 2. The number of unbranched alkanes of at least 4 members (excludes halogenated alkanes) is 4.